The van der Waals surface area contributed by atoms with E-state index >= 15 is 0 Å². The van der Waals surface area contributed by atoms with Gasteiger partial charge in [0.05, 0.1) is 11.7 Å². The number of aliphatic hydroxyl groups is 1. The van der Waals surface area contributed by atoms with Crippen LogP contribution in [0.15, 0.2) is 24.3 Å². The normalized spacial score (nSPS) is 26.2. The molecule has 1 heterocycles. The molecule has 106 valence electrons. The van der Waals surface area contributed by atoms with Crippen molar-refractivity contribution >= 4 is 0 Å². The van der Waals surface area contributed by atoms with Crippen LogP contribution in [0.3, 0.4) is 0 Å². The van der Waals surface area contributed by atoms with Gasteiger partial charge in [0.15, 0.2) is 0 Å². The minimum atomic E-state index is -4.37. The van der Waals surface area contributed by atoms with E-state index in [1.165, 1.54) is 6.07 Å². The fraction of sp³-hybridized carbons (Fsp3) is 0.571. The Morgan fingerprint density at radius 3 is 2.74 bits per heavy atom. The van der Waals surface area contributed by atoms with Crippen molar-refractivity contribution in [3.05, 3.63) is 35.4 Å². The summed E-state index contributed by atoms with van der Waals surface area (Å²) in [6, 6.07) is 4.76. The molecule has 0 spiro atoms. The van der Waals surface area contributed by atoms with Gasteiger partial charge in [-0.15, -0.1) is 0 Å². The predicted octanol–water partition coefficient (Wildman–Crippen LogP) is 3.13. The Morgan fingerprint density at radius 1 is 1.37 bits per heavy atom. The quantitative estimate of drug-likeness (QED) is 0.867. The molecule has 5 heteroatoms. The molecule has 3 atom stereocenters. The van der Waals surface area contributed by atoms with Crippen LogP contribution in [0.5, 0.6) is 0 Å². The summed E-state index contributed by atoms with van der Waals surface area (Å²) in [7, 11) is 0. The lowest BCUT2D eigenvalue weighted by Gasteiger charge is -2.32. The fourth-order valence-corrected chi connectivity index (χ4v) is 2.52. The van der Waals surface area contributed by atoms with Crippen LogP contribution < -0.4 is 5.32 Å². The minimum Gasteiger partial charge on any atom is -0.387 e. The Kier molecular flexibility index (Phi) is 4.16. The molecule has 0 bridgehead atoms. The molecule has 2 nitrogen and oxygen atoms in total. The van der Waals surface area contributed by atoms with Gasteiger partial charge in [0, 0.05) is 6.04 Å². The highest BCUT2D eigenvalue weighted by molar-refractivity contribution is 5.28. The van der Waals surface area contributed by atoms with Gasteiger partial charge < -0.3 is 10.4 Å². The lowest BCUT2D eigenvalue weighted by molar-refractivity contribution is -0.137. The second-order valence-electron chi connectivity index (χ2n) is 5.26. The number of hydrogen-bond donors (Lipinski definition) is 2. The van der Waals surface area contributed by atoms with Gasteiger partial charge >= 0.3 is 6.18 Å². The molecule has 1 aliphatic heterocycles. The van der Waals surface area contributed by atoms with Crippen molar-refractivity contribution in [1.82, 2.24) is 5.32 Å². The Labute approximate surface area is 110 Å². The van der Waals surface area contributed by atoms with Crippen LogP contribution >= 0.6 is 0 Å². The summed E-state index contributed by atoms with van der Waals surface area (Å²) in [6.07, 6.45) is -3.46. The maximum Gasteiger partial charge on any atom is 0.416 e. The second-order valence-corrected chi connectivity index (χ2v) is 5.26. The first-order valence-electron chi connectivity index (χ1n) is 6.46. The summed E-state index contributed by atoms with van der Waals surface area (Å²) < 4.78 is 37.9. The lowest BCUT2D eigenvalue weighted by Crippen LogP contribution is -2.41. The number of nitrogens with one attached hydrogen (secondary N) is 1. The first-order valence-corrected chi connectivity index (χ1v) is 6.46. The van der Waals surface area contributed by atoms with Crippen LogP contribution in [0.1, 0.15) is 37.0 Å². The highest BCUT2D eigenvalue weighted by atomic mass is 19.4. The highest BCUT2D eigenvalue weighted by Gasteiger charge is 2.32. The van der Waals surface area contributed by atoms with Crippen molar-refractivity contribution in [3.8, 4) is 0 Å². The average Bonchev–Trinajstić information content (AvgIpc) is 2.37. The van der Waals surface area contributed by atoms with Gasteiger partial charge in [-0.2, -0.15) is 13.2 Å². The van der Waals surface area contributed by atoms with Crippen LogP contribution in [-0.4, -0.2) is 17.7 Å². The van der Waals surface area contributed by atoms with E-state index in [-0.39, 0.29) is 6.04 Å². The summed E-state index contributed by atoms with van der Waals surface area (Å²) >= 11 is 0. The smallest absolute Gasteiger partial charge is 0.387 e. The zero-order valence-electron chi connectivity index (χ0n) is 10.7. The van der Waals surface area contributed by atoms with Crippen LogP contribution in [0.2, 0.25) is 0 Å². The summed E-state index contributed by atoms with van der Waals surface area (Å²) in [5, 5.41) is 13.4. The second kappa shape index (κ2) is 5.51. The van der Waals surface area contributed by atoms with Crippen LogP contribution in [0.25, 0.3) is 0 Å². The number of hydrogen-bond acceptors (Lipinski definition) is 2. The van der Waals surface area contributed by atoms with E-state index in [9.17, 15) is 18.3 Å². The molecule has 1 aromatic rings. The average molecular weight is 273 g/mol. The summed E-state index contributed by atoms with van der Waals surface area (Å²) in [4.78, 5) is 0. The van der Waals surface area contributed by atoms with E-state index in [0.29, 0.717) is 11.5 Å². The number of rotatable bonds is 2. The van der Waals surface area contributed by atoms with Crippen LogP contribution in [0.4, 0.5) is 13.2 Å². The molecule has 0 radical (unpaired) electrons. The van der Waals surface area contributed by atoms with E-state index in [2.05, 4.69) is 12.2 Å². The summed E-state index contributed by atoms with van der Waals surface area (Å²) in [5.41, 5.74) is -0.394. The molecule has 3 unspecified atom stereocenters. The third kappa shape index (κ3) is 3.48. The third-order valence-corrected chi connectivity index (χ3v) is 3.64. The van der Waals surface area contributed by atoms with Gasteiger partial charge in [-0.3, -0.25) is 0 Å². The fourth-order valence-electron chi connectivity index (χ4n) is 2.52. The van der Waals surface area contributed by atoms with Gasteiger partial charge in [-0.1, -0.05) is 19.1 Å². The van der Waals surface area contributed by atoms with E-state index in [1.54, 1.807) is 6.07 Å². The maximum atomic E-state index is 12.6. The molecule has 0 amide bonds. The Hall–Kier alpha value is -1.07. The molecule has 0 saturated carbocycles. The number of piperidine rings is 1. The molecule has 0 aliphatic carbocycles. The minimum absolute atomic E-state index is 0.174. The zero-order chi connectivity index (χ0) is 14.0. The van der Waals surface area contributed by atoms with Crippen molar-refractivity contribution in [1.29, 1.82) is 0 Å². The monoisotopic (exact) mass is 273 g/mol. The van der Waals surface area contributed by atoms with E-state index in [4.69, 9.17) is 0 Å². The van der Waals surface area contributed by atoms with E-state index in [1.807, 2.05) is 0 Å². The number of halogens is 3. The molecular weight excluding hydrogens is 255 g/mol. The molecule has 19 heavy (non-hydrogen) atoms. The maximum absolute atomic E-state index is 12.6. The van der Waals surface area contributed by atoms with Gasteiger partial charge in [0.1, 0.15) is 0 Å². The molecule has 1 aliphatic rings. The van der Waals surface area contributed by atoms with Crippen molar-refractivity contribution in [2.24, 2.45) is 5.92 Å². The first kappa shape index (κ1) is 14.3. The van der Waals surface area contributed by atoms with E-state index in [0.717, 1.165) is 31.5 Å². The summed E-state index contributed by atoms with van der Waals surface area (Å²) in [5.74, 6) is 0.478. The molecule has 2 rings (SSSR count). The topological polar surface area (TPSA) is 32.3 Å². The Balaban J connectivity index is 2.17. The molecule has 1 aromatic carbocycles. The predicted molar refractivity (Wildman–Crippen MR) is 66.6 cm³/mol. The summed E-state index contributed by atoms with van der Waals surface area (Å²) in [6.45, 7) is 2.88. The zero-order valence-corrected chi connectivity index (χ0v) is 10.7. The van der Waals surface area contributed by atoms with Crippen LogP contribution in [0, 0.1) is 5.92 Å². The number of aliphatic hydroxyl groups excluding tert-OH is 1. The van der Waals surface area contributed by atoms with Crippen molar-refractivity contribution in [2.45, 2.75) is 38.1 Å². The van der Waals surface area contributed by atoms with Crippen LogP contribution in [-0.2, 0) is 6.18 Å². The molecule has 1 fully saturated rings. The Morgan fingerprint density at radius 2 is 2.11 bits per heavy atom. The van der Waals surface area contributed by atoms with Gasteiger partial charge in [0.2, 0.25) is 0 Å². The SMILES string of the molecule is CC1CCNC(C(O)c2cccc(C(F)(F)F)c2)C1. The number of benzene rings is 1. The highest BCUT2D eigenvalue weighted by Crippen LogP contribution is 2.32. The molecular formula is C14H18F3NO. The molecule has 1 saturated heterocycles. The first-order chi connectivity index (χ1) is 8.88. The standard InChI is InChI=1S/C14H18F3NO/c1-9-5-6-18-12(7-9)13(19)10-3-2-4-11(8-10)14(15,16)17/h2-4,8-9,12-13,18-19H,5-7H2,1H3. The van der Waals surface area contributed by atoms with Crippen molar-refractivity contribution in [2.75, 3.05) is 6.54 Å². The van der Waals surface area contributed by atoms with Crippen molar-refractivity contribution in [3.63, 3.8) is 0 Å². The molecule has 0 aromatic heterocycles. The largest absolute Gasteiger partial charge is 0.416 e. The van der Waals surface area contributed by atoms with Crippen molar-refractivity contribution < 1.29 is 18.3 Å². The third-order valence-electron chi connectivity index (χ3n) is 3.64. The van der Waals surface area contributed by atoms with Gasteiger partial charge in [-0.05, 0) is 43.0 Å². The molecule has 2 N–H and O–H groups in total. The van der Waals surface area contributed by atoms with Gasteiger partial charge in [-0.25, -0.2) is 0 Å². The lowest BCUT2D eigenvalue weighted by atomic mass is 9.88. The van der Waals surface area contributed by atoms with Gasteiger partial charge in [0.25, 0.3) is 0 Å². The van der Waals surface area contributed by atoms with E-state index < -0.39 is 17.8 Å². The Bertz CT molecular complexity index is 433. The number of alkyl halides is 3.